The van der Waals surface area contributed by atoms with Crippen LogP contribution in [0.5, 0.6) is 0 Å². The first-order chi connectivity index (χ1) is 16.5. The average molecular weight is 458 g/mol. The lowest BCUT2D eigenvalue weighted by Gasteiger charge is -2.30. The summed E-state index contributed by atoms with van der Waals surface area (Å²) in [5.41, 5.74) is 4.99. The van der Waals surface area contributed by atoms with E-state index in [1.54, 1.807) is 7.41 Å². The molecule has 3 aromatic rings. The highest BCUT2D eigenvalue weighted by atomic mass is 16.4. The van der Waals surface area contributed by atoms with Gasteiger partial charge in [0.15, 0.2) is 0 Å². The van der Waals surface area contributed by atoms with Crippen molar-refractivity contribution in [1.82, 2.24) is 24.6 Å². The third kappa shape index (κ3) is 6.17. The van der Waals surface area contributed by atoms with Crippen molar-refractivity contribution in [3.8, 4) is 0 Å². The number of carboxylic acid groups (broad SMARTS) is 1. The molecule has 1 aliphatic heterocycles. The number of benzene rings is 1. The summed E-state index contributed by atoms with van der Waals surface area (Å²) in [6.07, 6.45) is 10.7. The standard InChI is InChI=1S/C25H29BN5O3/c1-18-14-27-24(29-23(18)7-6-20-4-2-3-5-21(20)13-25(33)34)12-19-15-28-31(16-19)22-8-10-30(11-9-22)26-17-32/h2-5,14-17,22H,6-13H2,1H3,(H,33,34). The Balaban J connectivity index is 1.39. The van der Waals surface area contributed by atoms with Gasteiger partial charge in [0.2, 0.25) is 0 Å². The van der Waals surface area contributed by atoms with Crippen molar-refractivity contribution in [3.63, 3.8) is 0 Å². The zero-order chi connectivity index (χ0) is 23.9. The molecule has 9 heteroatoms. The number of rotatable bonds is 10. The summed E-state index contributed by atoms with van der Waals surface area (Å²) >= 11 is 0. The van der Waals surface area contributed by atoms with Crippen LogP contribution in [0.1, 0.15) is 52.7 Å². The highest BCUT2D eigenvalue weighted by Gasteiger charge is 2.21. The average Bonchev–Trinajstić information content (AvgIpc) is 3.29. The molecular formula is C25H29BN5O3. The van der Waals surface area contributed by atoms with Crippen molar-refractivity contribution in [3.05, 3.63) is 76.6 Å². The molecule has 1 saturated heterocycles. The fraction of sp³-hybridized carbons (Fsp3) is 0.400. The second kappa shape index (κ2) is 11.2. The molecule has 1 aliphatic rings. The van der Waals surface area contributed by atoms with E-state index in [2.05, 4.69) is 21.1 Å². The summed E-state index contributed by atoms with van der Waals surface area (Å²) in [5.74, 6) is -0.0623. The summed E-state index contributed by atoms with van der Waals surface area (Å²) in [6, 6.07) is 8.03. The van der Waals surface area contributed by atoms with Gasteiger partial charge in [-0.05, 0) is 68.0 Å². The molecule has 0 spiro atoms. The minimum atomic E-state index is -0.821. The second-order valence-electron chi connectivity index (χ2n) is 8.81. The zero-order valence-electron chi connectivity index (χ0n) is 19.4. The van der Waals surface area contributed by atoms with Crippen LogP contribution in [0.4, 0.5) is 0 Å². The van der Waals surface area contributed by atoms with E-state index in [1.165, 1.54) is 0 Å². The maximum atomic E-state index is 11.2. The van der Waals surface area contributed by atoms with Gasteiger partial charge in [-0.1, -0.05) is 24.3 Å². The number of piperidine rings is 1. The molecule has 0 aliphatic carbocycles. The molecule has 2 aromatic heterocycles. The topological polar surface area (TPSA) is 101 Å². The molecule has 0 saturated carbocycles. The van der Waals surface area contributed by atoms with Crippen LogP contribution in [0.15, 0.2) is 42.9 Å². The van der Waals surface area contributed by atoms with Crippen LogP contribution >= 0.6 is 0 Å². The third-order valence-corrected chi connectivity index (χ3v) is 6.38. The van der Waals surface area contributed by atoms with Crippen molar-refractivity contribution < 1.29 is 14.7 Å². The van der Waals surface area contributed by atoms with Gasteiger partial charge in [0.05, 0.1) is 24.8 Å². The molecule has 175 valence electrons. The molecule has 4 rings (SSSR count). The normalized spacial score (nSPS) is 14.7. The summed E-state index contributed by atoms with van der Waals surface area (Å²) in [5, 5.41) is 13.7. The molecule has 1 aromatic carbocycles. The Hall–Kier alpha value is -3.33. The Morgan fingerprint density at radius 2 is 1.94 bits per heavy atom. The summed E-state index contributed by atoms with van der Waals surface area (Å²) in [4.78, 5) is 33.2. The molecule has 8 nitrogen and oxygen atoms in total. The van der Waals surface area contributed by atoms with Gasteiger partial charge in [-0.2, -0.15) is 5.10 Å². The number of carbonyl (C=O) groups is 2. The predicted octanol–water partition coefficient (Wildman–Crippen LogP) is 2.43. The van der Waals surface area contributed by atoms with Gasteiger partial charge in [0.25, 0.3) is 7.41 Å². The first-order valence-electron chi connectivity index (χ1n) is 11.7. The van der Waals surface area contributed by atoms with Gasteiger partial charge in [-0.15, -0.1) is 0 Å². The lowest BCUT2D eigenvalue weighted by atomic mass is 9.90. The fourth-order valence-electron chi connectivity index (χ4n) is 4.48. The molecule has 34 heavy (non-hydrogen) atoms. The Morgan fingerprint density at radius 1 is 1.18 bits per heavy atom. The fourth-order valence-corrected chi connectivity index (χ4v) is 4.48. The van der Waals surface area contributed by atoms with Crippen molar-refractivity contribution in [2.24, 2.45) is 0 Å². The lowest BCUT2D eigenvalue weighted by molar-refractivity contribution is -0.136. The van der Waals surface area contributed by atoms with Gasteiger partial charge in [-0.3, -0.25) is 9.48 Å². The van der Waals surface area contributed by atoms with Crippen LogP contribution < -0.4 is 0 Å². The quantitative estimate of drug-likeness (QED) is 0.368. The van der Waals surface area contributed by atoms with E-state index in [0.29, 0.717) is 12.5 Å². The van der Waals surface area contributed by atoms with Crippen molar-refractivity contribution in [1.29, 1.82) is 0 Å². The smallest absolute Gasteiger partial charge is 0.307 e. The SMILES string of the molecule is Cc1cnc(Cc2cnn(C3CCN([B]C=O)CC3)c2)nc1CCc1ccccc1CC(=O)O. The lowest BCUT2D eigenvalue weighted by Crippen LogP contribution is -2.37. The number of carbonyl (C=O) groups excluding carboxylic acids is 1. The minimum absolute atomic E-state index is 0.0303. The van der Waals surface area contributed by atoms with Crippen molar-refractivity contribution in [2.45, 2.75) is 51.5 Å². The number of hydrogen-bond acceptors (Lipinski definition) is 6. The van der Waals surface area contributed by atoms with E-state index in [-0.39, 0.29) is 6.42 Å². The zero-order valence-corrected chi connectivity index (χ0v) is 19.4. The van der Waals surface area contributed by atoms with Crippen LogP contribution in [0.3, 0.4) is 0 Å². The maximum absolute atomic E-state index is 11.2. The largest absolute Gasteiger partial charge is 0.481 e. The Kier molecular flexibility index (Phi) is 7.85. The number of aryl methyl sites for hydroxylation is 3. The van der Waals surface area contributed by atoms with E-state index in [0.717, 1.165) is 78.7 Å². The van der Waals surface area contributed by atoms with Crippen LogP contribution in [0.2, 0.25) is 0 Å². The Morgan fingerprint density at radius 3 is 2.68 bits per heavy atom. The molecule has 1 radical (unpaired) electrons. The molecule has 3 heterocycles. The van der Waals surface area contributed by atoms with Gasteiger partial charge in [-0.25, -0.2) is 9.97 Å². The van der Waals surface area contributed by atoms with Gasteiger partial charge >= 0.3 is 5.97 Å². The molecule has 0 unspecified atom stereocenters. The number of nitrogens with zero attached hydrogens (tertiary/aromatic N) is 5. The van der Waals surface area contributed by atoms with Gasteiger partial charge in [0.1, 0.15) is 5.82 Å². The van der Waals surface area contributed by atoms with E-state index >= 15 is 0 Å². The molecule has 1 N–H and O–H groups in total. The molecule has 1 fully saturated rings. The highest BCUT2D eigenvalue weighted by Crippen LogP contribution is 2.22. The van der Waals surface area contributed by atoms with E-state index < -0.39 is 5.97 Å². The van der Waals surface area contributed by atoms with Crippen LogP contribution in [-0.2, 0) is 35.3 Å². The number of hydrogen-bond donors (Lipinski definition) is 1. The first-order valence-corrected chi connectivity index (χ1v) is 11.7. The van der Waals surface area contributed by atoms with E-state index in [9.17, 15) is 14.7 Å². The van der Waals surface area contributed by atoms with Gasteiger partial charge < -0.3 is 14.7 Å². The predicted molar refractivity (Wildman–Crippen MR) is 129 cm³/mol. The minimum Gasteiger partial charge on any atom is -0.481 e. The summed E-state index contributed by atoms with van der Waals surface area (Å²) in [6.45, 7) is 3.73. The highest BCUT2D eigenvalue weighted by molar-refractivity contribution is 6.64. The van der Waals surface area contributed by atoms with E-state index in [4.69, 9.17) is 4.98 Å². The van der Waals surface area contributed by atoms with Crippen LogP contribution in [0, 0.1) is 6.92 Å². The first kappa shape index (κ1) is 23.8. The number of aliphatic carboxylic acids is 1. The van der Waals surface area contributed by atoms with E-state index in [1.807, 2.05) is 48.3 Å². The van der Waals surface area contributed by atoms with Crippen LogP contribution in [-0.4, -0.2) is 62.3 Å². The molecular weight excluding hydrogens is 429 g/mol. The Labute approximate surface area is 200 Å². The third-order valence-electron chi connectivity index (χ3n) is 6.38. The number of aromatic nitrogens is 4. The Bertz CT molecular complexity index is 1140. The van der Waals surface area contributed by atoms with Crippen LogP contribution in [0.25, 0.3) is 0 Å². The molecule has 0 atom stereocenters. The van der Waals surface area contributed by atoms with Gasteiger partial charge in [0, 0.05) is 24.5 Å². The molecule has 0 amide bonds. The maximum Gasteiger partial charge on any atom is 0.307 e. The van der Waals surface area contributed by atoms with Crippen molar-refractivity contribution in [2.75, 3.05) is 13.1 Å². The molecule has 0 bridgehead atoms. The monoisotopic (exact) mass is 458 g/mol. The summed E-state index contributed by atoms with van der Waals surface area (Å²) < 4.78 is 2.03. The second-order valence-corrected chi connectivity index (χ2v) is 8.81. The number of carboxylic acids is 1. The summed E-state index contributed by atoms with van der Waals surface area (Å²) in [7, 11) is 1.61. The van der Waals surface area contributed by atoms with Crippen molar-refractivity contribution >= 4 is 19.6 Å².